The van der Waals surface area contributed by atoms with Crippen LogP contribution in [-0.4, -0.2) is 40.4 Å². The molecule has 8 nitrogen and oxygen atoms in total. The number of amides is 2. The number of carbonyl (C=O) groups excluding carboxylic acids is 2. The summed E-state index contributed by atoms with van der Waals surface area (Å²) in [6, 6.07) is 8.04. The number of rotatable bonds is 9. The van der Waals surface area contributed by atoms with Gasteiger partial charge in [0.2, 0.25) is 0 Å². The molecule has 0 radical (unpaired) electrons. The van der Waals surface area contributed by atoms with Crippen molar-refractivity contribution in [1.82, 2.24) is 10.6 Å². The van der Waals surface area contributed by atoms with Crippen molar-refractivity contribution < 1.29 is 29.0 Å². The Balaban J connectivity index is 2.44. The first-order chi connectivity index (χ1) is 13.4. The average Bonchev–Trinajstić information content (AvgIpc) is 2.57. The maximum atomic E-state index is 11.9. The van der Waals surface area contributed by atoms with Gasteiger partial charge in [-0.25, -0.2) is 14.4 Å². The SMILES string of the molecule is CC(C)(CCC[C@H](NC(=O)OCc1ccccc1)C(=O)O)NC(=O)OC(C)(C)C. The number of benzene rings is 1. The highest BCUT2D eigenvalue weighted by Crippen LogP contribution is 2.16. The van der Waals surface area contributed by atoms with E-state index in [0.717, 1.165) is 5.56 Å². The van der Waals surface area contributed by atoms with Crippen molar-refractivity contribution in [1.29, 1.82) is 0 Å². The van der Waals surface area contributed by atoms with Crippen LogP contribution in [0.2, 0.25) is 0 Å². The number of carboxylic acids is 1. The van der Waals surface area contributed by atoms with E-state index in [1.807, 2.05) is 44.2 Å². The highest BCUT2D eigenvalue weighted by atomic mass is 16.6. The van der Waals surface area contributed by atoms with Crippen LogP contribution >= 0.6 is 0 Å². The fourth-order valence-electron chi connectivity index (χ4n) is 2.55. The van der Waals surface area contributed by atoms with Crippen LogP contribution in [0.25, 0.3) is 0 Å². The summed E-state index contributed by atoms with van der Waals surface area (Å²) in [7, 11) is 0. The van der Waals surface area contributed by atoms with Crippen molar-refractivity contribution in [3.63, 3.8) is 0 Å². The van der Waals surface area contributed by atoms with Crippen molar-refractivity contribution >= 4 is 18.2 Å². The Morgan fingerprint density at radius 3 is 2.21 bits per heavy atom. The van der Waals surface area contributed by atoms with Gasteiger partial charge in [0, 0.05) is 5.54 Å². The van der Waals surface area contributed by atoms with Crippen LogP contribution in [0.4, 0.5) is 9.59 Å². The highest BCUT2D eigenvalue weighted by Gasteiger charge is 2.26. The van der Waals surface area contributed by atoms with Gasteiger partial charge in [-0.15, -0.1) is 0 Å². The largest absolute Gasteiger partial charge is 0.480 e. The van der Waals surface area contributed by atoms with Crippen LogP contribution in [-0.2, 0) is 20.9 Å². The summed E-state index contributed by atoms with van der Waals surface area (Å²) in [6.45, 7) is 9.05. The van der Waals surface area contributed by atoms with Gasteiger partial charge in [0.1, 0.15) is 18.2 Å². The predicted octanol–water partition coefficient (Wildman–Crippen LogP) is 3.84. The van der Waals surface area contributed by atoms with Crippen molar-refractivity contribution in [2.45, 2.75) is 77.7 Å². The van der Waals surface area contributed by atoms with E-state index in [0.29, 0.717) is 12.8 Å². The second-order valence-electron chi connectivity index (χ2n) is 8.50. The molecule has 8 heteroatoms. The Morgan fingerprint density at radius 2 is 1.66 bits per heavy atom. The van der Waals surface area contributed by atoms with Crippen LogP contribution in [0, 0.1) is 0 Å². The second-order valence-corrected chi connectivity index (χ2v) is 8.50. The number of carbonyl (C=O) groups is 3. The summed E-state index contributed by atoms with van der Waals surface area (Å²) in [5.74, 6) is -1.14. The molecule has 0 bridgehead atoms. The van der Waals surface area contributed by atoms with Gasteiger partial charge in [-0.1, -0.05) is 30.3 Å². The van der Waals surface area contributed by atoms with Gasteiger partial charge in [0.05, 0.1) is 0 Å². The molecular formula is C21H32N2O6. The topological polar surface area (TPSA) is 114 Å². The molecule has 0 saturated heterocycles. The Hall–Kier alpha value is -2.77. The van der Waals surface area contributed by atoms with E-state index in [1.165, 1.54) is 0 Å². The average molecular weight is 408 g/mol. The third-order valence-electron chi connectivity index (χ3n) is 3.94. The van der Waals surface area contributed by atoms with E-state index < -0.39 is 35.3 Å². The summed E-state index contributed by atoms with van der Waals surface area (Å²) < 4.78 is 10.3. The molecule has 1 rings (SSSR count). The lowest BCUT2D eigenvalue weighted by molar-refractivity contribution is -0.139. The van der Waals surface area contributed by atoms with Gasteiger partial charge in [-0.3, -0.25) is 0 Å². The molecule has 0 spiro atoms. The van der Waals surface area contributed by atoms with E-state index in [1.54, 1.807) is 20.8 Å². The number of ether oxygens (including phenoxy) is 2. The lowest BCUT2D eigenvalue weighted by Gasteiger charge is -2.29. The first kappa shape index (κ1) is 24.3. The van der Waals surface area contributed by atoms with Crippen LogP contribution in [0.15, 0.2) is 30.3 Å². The van der Waals surface area contributed by atoms with E-state index in [2.05, 4.69) is 10.6 Å². The van der Waals surface area contributed by atoms with E-state index in [4.69, 9.17) is 9.47 Å². The molecule has 0 fully saturated rings. The quantitative estimate of drug-likeness (QED) is 0.572. The van der Waals surface area contributed by atoms with Gasteiger partial charge >= 0.3 is 18.2 Å². The zero-order chi connectivity index (χ0) is 22.1. The maximum Gasteiger partial charge on any atom is 0.408 e. The standard InChI is InChI=1S/C21H32N2O6/c1-20(2,3)29-19(27)23-21(4,5)13-9-12-16(17(24)25)22-18(26)28-14-15-10-7-6-8-11-15/h6-8,10-11,16H,9,12-14H2,1-5H3,(H,22,26)(H,23,27)(H,24,25)/t16-/m0/s1. The normalized spacial score (nSPS) is 12.6. The third kappa shape index (κ3) is 11.0. The number of hydrogen-bond acceptors (Lipinski definition) is 5. The van der Waals surface area contributed by atoms with E-state index in [9.17, 15) is 19.5 Å². The zero-order valence-corrected chi connectivity index (χ0v) is 17.8. The Morgan fingerprint density at radius 1 is 1.03 bits per heavy atom. The van der Waals surface area contributed by atoms with Crippen LogP contribution in [0.3, 0.4) is 0 Å². The molecule has 29 heavy (non-hydrogen) atoms. The maximum absolute atomic E-state index is 11.9. The van der Waals surface area contributed by atoms with Crippen LogP contribution in [0.5, 0.6) is 0 Å². The Labute approximate surface area is 172 Å². The number of aliphatic carboxylic acids is 1. The number of carboxylic acid groups (broad SMARTS) is 1. The number of alkyl carbamates (subject to hydrolysis) is 2. The van der Waals surface area contributed by atoms with Gasteiger partial charge in [0.25, 0.3) is 0 Å². The monoisotopic (exact) mass is 408 g/mol. The van der Waals surface area contributed by atoms with Gasteiger partial charge < -0.3 is 25.2 Å². The summed E-state index contributed by atoms with van der Waals surface area (Å²) in [5, 5.41) is 14.5. The van der Waals surface area contributed by atoms with Gasteiger partial charge in [0.15, 0.2) is 0 Å². The zero-order valence-electron chi connectivity index (χ0n) is 17.8. The Kier molecular flexibility index (Phi) is 8.94. The smallest absolute Gasteiger partial charge is 0.408 e. The third-order valence-corrected chi connectivity index (χ3v) is 3.94. The first-order valence-electron chi connectivity index (χ1n) is 9.59. The molecule has 1 aromatic carbocycles. The molecule has 1 aromatic rings. The molecule has 0 aliphatic heterocycles. The van der Waals surface area contributed by atoms with Crippen LogP contribution in [0.1, 0.15) is 59.4 Å². The van der Waals surface area contributed by atoms with Gasteiger partial charge in [-0.2, -0.15) is 0 Å². The minimum Gasteiger partial charge on any atom is -0.480 e. The fourth-order valence-corrected chi connectivity index (χ4v) is 2.55. The molecule has 0 aromatic heterocycles. The molecule has 2 amide bonds. The molecule has 0 heterocycles. The molecule has 0 aliphatic rings. The van der Waals surface area contributed by atoms with Crippen molar-refractivity contribution in [2.75, 3.05) is 0 Å². The molecule has 1 atom stereocenters. The predicted molar refractivity (Wildman–Crippen MR) is 108 cm³/mol. The summed E-state index contributed by atoms with van der Waals surface area (Å²) >= 11 is 0. The van der Waals surface area contributed by atoms with Gasteiger partial charge in [-0.05, 0) is 59.4 Å². The summed E-state index contributed by atoms with van der Waals surface area (Å²) in [4.78, 5) is 35.3. The fraction of sp³-hybridized carbons (Fsp3) is 0.571. The lowest BCUT2D eigenvalue weighted by Crippen LogP contribution is -2.46. The molecule has 0 saturated carbocycles. The number of nitrogens with one attached hydrogen (secondary N) is 2. The van der Waals surface area contributed by atoms with E-state index in [-0.39, 0.29) is 13.0 Å². The lowest BCUT2D eigenvalue weighted by atomic mass is 9.96. The molecule has 3 N–H and O–H groups in total. The molecular weight excluding hydrogens is 376 g/mol. The van der Waals surface area contributed by atoms with Crippen molar-refractivity contribution in [2.24, 2.45) is 0 Å². The molecule has 0 aliphatic carbocycles. The number of hydrogen-bond donors (Lipinski definition) is 3. The van der Waals surface area contributed by atoms with Crippen LogP contribution < -0.4 is 10.6 Å². The summed E-state index contributed by atoms with van der Waals surface area (Å²) in [6.07, 6.45) is -0.127. The van der Waals surface area contributed by atoms with Crippen molar-refractivity contribution in [3.05, 3.63) is 35.9 Å². The molecule has 162 valence electrons. The second kappa shape index (κ2) is 10.7. The highest BCUT2D eigenvalue weighted by molar-refractivity contribution is 5.79. The first-order valence-corrected chi connectivity index (χ1v) is 9.59. The Bertz CT molecular complexity index is 682. The summed E-state index contributed by atoms with van der Waals surface area (Å²) in [5.41, 5.74) is -0.373. The minimum absolute atomic E-state index is 0.0614. The van der Waals surface area contributed by atoms with Crippen molar-refractivity contribution in [3.8, 4) is 0 Å². The minimum atomic E-state index is -1.14. The molecule has 0 unspecified atom stereocenters. The van der Waals surface area contributed by atoms with E-state index >= 15 is 0 Å².